The zero-order valence-corrected chi connectivity index (χ0v) is 15.0. The Morgan fingerprint density at radius 3 is 2.54 bits per heavy atom. The van der Waals surface area contributed by atoms with E-state index in [0.717, 1.165) is 5.56 Å². The number of rotatable bonds is 4. The molecular formula is C18H14BrN3O4. The lowest BCUT2D eigenvalue weighted by molar-refractivity contribution is -0.385. The van der Waals surface area contributed by atoms with Crippen LogP contribution in [0.4, 0.5) is 5.69 Å². The van der Waals surface area contributed by atoms with Gasteiger partial charge in [-0.15, -0.1) is 0 Å². The van der Waals surface area contributed by atoms with Crippen molar-refractivity contribution in [2.75, 3.05) is 0 Å². The summed E-state index contributed by atoms with van der Waals surface area (Å²) in [7, 11) is 0. The molecule has 1 heterocycles. The second kappa shape index (κ2) is 7.49. The van der Waals surface area contributed by atoms with Crippen molar-refractivity contribution in [2.24, 2.45) is 0 Å². The number of piperazine rings is 1. The first-order valence-electron chi connectivity index (χ1n) is 7.76. The summed E-state index contributed by atoms with van der Waals surface area (Å²) in [6, 6.07) is 13.1. The van der Waals surface area contributed by atoms with Crippen molar-refractivity contribution in [1.29, 1.82) is 0 Å². The van der Waals surface area contributed by atoms with Gasteiger partial charge in [-0.05, 0) is 33.6 Å². The van der Waals surface area contributed by atoms with Crippen molar-refractivity contribution in [3.05, 3.63) is 79.9 Å². The van der Waals surface area contributed by atoms with E-state index in [9.17, 15) is 19.7 Å². The summed E-state index contributed by atoms with van der Waals surface area (Å²) in [6.45, 7) is 0. The van der Waals surface area contributed by atoms with Gasteiger partial charge in [0, 0.05) is 17.0 Å². The van der Waals surface area contributed by atoms with Gasteiger partial charge in [-0.1, -0.05) is 36.4 Å². The Kier molecular flexibility index (Phi) is 5.13. The number of carbonyl (C=O) groups is 2. The van der Waals surface area contributed by atoms with Gasteiger partial charge >= 0.3 is 0 Å². The Morgan fingerprint density at radius 1 is 1.12 bits per heavy atom. The third kappa shape index (κ3) is 3.80. The van der Waals surface area contributed by atoms with Crippen LogP contribution in [0.25, 0.3) is 6.08 Å². The molecule has 0 saturated carbocycles. The van der Waals surface area contributed by atoms with E-state index in [-0.39, 0.29) is 22.9 Å². The Bertz CT molecular complexity index is 912. The van der Waals surface area contributed by atoms with Crippen molar-refractivity contribution >= 4 is 39.5 Å². The molecule has 0 bridgehead atoms. The summed E-state index contributed by atoms with van der Waals surface area (Å²) in [5, 5.41) is 16.4. The van der Waals surface area contributed by atoms with Crippen LogP contribution < -0.4 is 10.6 Å². The lowest BCUT2D eigenvalue weighted by atomic mass is 10.0. The average Bonchev–Trinajstić information content (AvgIpc) is 2.61. The molecule has 1 unspecified atom stereocenters. The van der Waals surface area contributed by atoms with Gasteiger partial charge in [0.15, 0.2) is 0 Å². The molecule has 0 radical (unpaired) electrons. The topological polar surface area (TPSA) is 101 Å². The molecular weight excluding hydrogens is 402 g/mol. The molecule has 2 N–H and O–H groups in total. The van der Waals surface area contributed by atoms with Crippen LogP contribution in [-0.2, 0) is 16.0 Å². The second-order valence-electron chi connectivity index (χ2n) is 5.69. The Labute approximate surface area is 157 Å². The van der Waals surface area contributed by atoms with E-state index < -0.39 is 16.9 Å². The standard InChI is InChI=1S/C18H14BrN3O4/c19-13-7-4-8-16(22(25)26)12(13)10-15-18(24)20-14(17(23)21-15)9-11-5-2-1-3-6-11/h1-8,10,14H,9H2,(H,20,24)(H,21,23). The molecule has 132 valence electrons. The maximum absolute atomic E-state index is 12.4. The average molecular weight is 416 g/mol. The number of carbonyl (C=O) groups excluding carboxylic acids is 2. The second-order valence-corrected chi connectivity index (χ2v) is 6.55. The van der Waals surface area contributed by atoms with Crippen LogP contribution in [0.15, 0.2) is 58.7 Å². The molecule has 1 aliphatic rings. The molecule has 0 aromatic heterocycles. The maximum Gasteiger partial charge on any atom is 0.277 e. The van der Waals surface area contributed by atoms with Gasteiger partial charge in [-0.3, -0.25) is 19.7 Å². The predicted molar refractivity (Wildman–Crippen MR) is 99.0 cm³/mol. The van der Waals surface area contributed by atoms with Crippen LogP contribution in [0.1, 0.15) is 11.1 Å². The lowest BCUT2D eigenvalue weighted by Crippen LogP contribution is -2.55. The molecule has 2 aromatic carbocycles. The van der Waals surface area contributed by atoms with E-state index in [4.69, 9.17) is 0 Å². The summed E-state index contributed by atoms with van der Waals surface area (Å²) in [4.78, 5) is 35.3. The first-order chi connectivity index (χ1) is 12.5. The van der Waals surface area contributed by atoms with Crippen molar-refractivity contribution in [3.63, 3.8) is 0 Å². The fourth-order valence-electron chi connectivity index (χ4n) is 2.65. The van der Waals surface area contributed by atoms with Crippen LogP contribution in [0.3, 0.4) is 0 Å². The molecule has 8 heteroatoms. The van der Waals surface area contributed by atoms with Crippen LogP contribution >= 0.6 is 15.9 Å². The molecule has 1 aliphatic heterocycles. The van der Waals surface area contributed by atoms with Crippen molar-refractivity contribution < 1.29 is 14.5 Å². The summed E-state index contributed by atoms with van der Waals surface area (Å²) < 4.78 is 0.452. The van der Waals surface area contributed by atoms with E-state index in [2.05, 4.69) is 26.6 Å². The number of halogens is 1. The minimum Gasteiger partial charge on any atom is -0.339 e. The highest BCUT2D eigenvalue weighted by molar-refractivity contribution is 9.10. The fourth-order valence-corrected chi connectivity index (χ4v) is 3.12. The van der Waals surface area contributed by atoms with Crippen LogP contribution in [0.5, 0.6) is 0 Å². The minimum atomic E-state index is -0.698. The van der Waals surface area contributed by atoms with Crippen LogP contribution in [0.2, 0.25) is 0 Å². The molecule has 2 amide bonds. The van der Waals surface area contributed by atoms with Gasteiger partial charge in [-0.2, -0.15) is 0 Å². The van der Waals surface area contributed by atoms with E-state index in [1.54, 1.807) is 6.07 Å². The lowest BCUT2D eigenvalue weighted by Gasteiger charge is -2.25. The molecule has 7 nitrogen and oxygen atoms in total. The highest BCUT2D eigenvalue weighted by Gasteiger charge is 2.30. The number of nitro groups is 1. The largest absolute Gasteiger partial charge is 0.339 e. The number of hydrogen-bond acceptors (Lipinski definition) is 4. The molecule has 2 aromatic rings. The summed E-state index contributed by atoms with van der Waals surface area (Å²) in [5.41, 5.74) is 0.931. The summed E-state index contributed by atoms with van der Waals surface area (Å²) in [5.74, 6) is -0.856. The number of amides is 2. The first kappa shape index (κ1) is 17.8. The fraction of sp³-hybridized carbons (Fsp3) is 0.111. The highest BCUT2D eigenvalue weighted by atomic mass is 79.9. The Hall–Kier alpha value is -3.00. The van der Waals surface area contributed by atoms with Gasteiger partial charge in [0.1, 0.15) is 11.7 Å². The van der Waals surface area contributed by atoms with Crippen molar-refractivity contribution in [3.8, 4) is 0 Å². The van der Waals surface area contributed by atoms with Gasteiger partial charge in [-0.25, -0.2) is 0 Å². The maximum atomic E-state index is 12.4. The van der Waals surface area contributed by atoms with E-state index in [0.29, 0.717) is 10.9 Å². The third-order valence-corrected chi connectivity index (χ3v) is 4.61. The van der Waals surface area contributed by atoms with Gasteiger partial charge in [0.25, 0.3) is 11.6 Å². The van der Waals surface area contributed by atoms with Crippen LogP contribution in [0, 0.1) is 10.1 Å². The molecule has 1 fully saturated rings. The van der Waals surface area contributed by atoms with Gasteiger partial charge in [0.05, 0.1) is 10.5 Å². The van der Waals surface area contributed by atoms with Crippen molar-refractivity contribution in [2.45, 2.75) is 12.5 Å². The Balaban J connectivity index is 1.85. The molecule has 1 saturated heterocycles. The SMILES string of the molecule is O=C1NC(Cc2ccccc2)C(=O)NC1=Cc1c(Br)cccc1[N+](=O)[O-]. The van der Waals surface area contributed by atoms with E-state index >= 15 is 0 Å². The van der Waals surface area contributed by atoms with E-state index in [1.165, 1.54) is 18.2 Å². The number of nitrogens with one attached hydrogen (secondary N) is 2. The number of nitro benzene ring substituents is 1. The molecule has 1 atom stereocenters. The quantitative estimate of drug-likeness (QED) is 0.455. The monoisotopic (exact) mass is 415 g/mol. The molecule has 26 heavy (non-hydrogen) atoms. The highest BCUT2D eigenvalue weighted by Crippen LogP contribution is 2.29. The van der Waals surface area contributed by atoms with Gasteiger partial charge < -0.3 is 10.6 Å². The van der Waals surface area contributed by atoms with Crippen molar-refractivity contribution in [1.82, 2.24) is 10.6 Å². The zero-order valence-electron chi connectivity index (χ0n) is 13.4. The summed E-state index contributed by atoms with van der Waals surface area (Å²) >= 11 is 3.24. The normalized spacial score (nSPS) is 18.3. The third-order valence-electron chi connectivity index (χ3n) is 3.92. The Morgan fingerprint density at radius 2 is 1.85 bits per heavy atom. The molecule has 0 aliphatic carbocycles. The predicted octanol–water partition coefficient (Wildman–Crippen LogP) is 2.56. The molecule has 0 spiro atoms. The van der Waals surface area contributed by atoms with Crippen LogP contribution in [-0.4, -0.2) is 22.8 Å². The number of hydrogen-bond donors (Lipinski definition) is 2. The smallest absolute Gasteiger partial charge is 0.277 e. The first-order valence-corrected chi connectivity index (χ1v) is 8.55. The summed E-state index contributed by atoms with van der Waals surface area (Å²) in [6.07, 6.45) is 1.66. The molecule has 3 rings (SSSR count). The van der Waals surface area contributed by atoms with Gasteiger partial charge in [0.2, 0.25) is 5.91 Å². The number of nitrogens with zero attached hydrogens (tertiary/aromatic N) is 1. The zero-order chi connectivity index (χ0) is 18.7. The number of benzene rings is 2. The van der Waals surface area contributed by atoms with E-state index in [1.807, 2.05) is 30.3 Å². The minimum absolute atomic E-state index is 0.0330.